The third-order valence-electron chi connectivity index (χ3n) is 2.76. The Kier molecular flexibility index (Phi) is 3.58. The van der Waals surface area contributed by atoms with E-state index in [-0.39, 0.29) is 5.82 Å². The lowest BCUT2D eigenvalue weighted by Crippen LogP contribution is -1.98. The minimum Gasteiger partial charge on any atom is -0.383 e. The fraction of sp³-hybridized carbons (Fsp3) is 0.143. The number of aromatic nitrogens is 2. The lowest BCUT2D eigenvalue weighted by atomic mass is 10.3. The van der Waals surface area contributed by atoms with Crippen molar-refractivity contribution in [1.29, 1.82) is 0 Å². The maximum atomic E-state index is 13.1. The van der Waals surface area contributed by atoms with Crippen molar-refractivity contribution < 1.29 is 4.39 Å². The fourth-order valence-corrected chi connectivity index (χ4v) is 3.58. The first kappa shape index (κ1) is 13.3. The van der Waals surface area contributed by atoms with E-state index < -0.39 is 0 Å². The molecule has 2 heterocycles. The average Bonchev–Trinajstić information content (AvgIpc) is 2.78. The number of halogens is 1. The van der Waals surface area contributed by atoms with Gasteiger partial charge in [0.25, 0.3) is 0 Å². The van der Waals surface area contributed by atoms with Gasteiger partial charge in [0, 0.05) is 9.77 Å². The Labute approximate surface area is 124 Å². The van der Waals surface area contributed by atoms with Crippen LogP contribution in [0.15, 0.2) is 35.2 Å². The topological polar surface area (TPSA) is 51.8 Å². The van der Waals surface area contributed by atoms with Crippen molar-refractivity contribution in [1.82, 2.24) is 9.97 Å². The van der Waals surface area contributed by atoms with E-state index in [2.05, 4.69) is 9.97 Å². The van der Waals surface area contributed by atoms with Crippen molar-refractivity contribution in [2.75, 3.05) is 5.73 Å². The summed E-state index contributed by atoms with van der Waals surface area (Å²) in [5, 5.41) is 0.909. The smallest absolute Gasteiger partial charge is 0.142 e. The molecule has 0 amide bonds. The van der Waals surface area contributed by atoms with Gasteiger partial charge in [0.05, 0.1) is 11.1 Å². The molecule has 3 aromatic rings. The summed E-state index contributed by atoms with van der Waals surface area (Å²) in [6, 6.07) is 8.49. The molecule has 0 bridgehead atoms. The fourth-order valence-electron chi connectivity index (χ4n) is 1.88. The predicted octanol–water partition coefficient (Wildman–Crippen LogP) is 4.01. The first-order valence-corrected chi connectivity index (χ1v) is 7.83. The second-order valence-corrected chi connectivity index (χ2v) is 6.63. The molecule has 20 heavy (non-hydrogen) atoms. The number of hydrogen-bond donors (Lipinski definition) is 1. The van der Waals surface area contributed by atoms with Crippen LogP contribution in [0.25, 0.3) is 10.2 Å². The van der Waals surface area contributed by atoms with Crippen LogP contribution in [0, 0.1) is 12.7 Å². The zero-order valence-electron chi connectivity index (χ0n) is 10.8. The molecule has 0 aliphatic heterocycles. The Hall–Kier alpha value is -1.66. The van der Waals surface area contributed by atoms with Crippen molar-refractivity contribution >= 4 is 39.1 Å². The largest absolute Gasteiger partial charge is 0.383 e. The summed E-state index contributed by atoms with van der Waals surface area (Å²) < 4.78 is 13.1. The van der Waals surface area contributed by atoms with Crippen LogP contribution in [0.1, 0.15) is 10.7 Å². The number of anilines is 1. The third kappa shape index (κ3) is 2.76. The maximum Gasteiger partial charge on any atom is 0.142 e. The summed E-state index contributed by atoms with van der Waals surface area (Å²) in [6.45, 7) is 2.02. The Bertz CT molecular complexity index is 770. The van der Waals surface area contributed by atoms with Crippen molar-refractivity contribution in [3.05, 3.63) is 46.9 Å². The minimum atomic E-state index is -0.236. The molecule has 2 N–H and O–H groups in total. The first-order valence-electron chi connectivity index (χ1n) is 6.03. The van der Waals surface area contributed by atoms with Gasteiger partial charge in [-0.1, -0.05) is 6.07 Å². The van der Waals surface area contributed by atoms with Gasteiger partial charge in [-0.2, -0.15) is 0 Å². The third-order valence-corrected chi connectivity index (χ3v) is 4.69. The van der Waals surface area contributed by atoms with E-state index in [4.69, 9.17) is 5.73 Å². The number of benzene rings is 1. The zero-order chi connectivity index (χ0) is 14.1. The van der Waals surface area contributed by atoms with Crippen LogP contribution in [-0.4, -0.2) is 9.97 Å². The highest BCUT2D eigenvalue weighted by Crippen LogP contribution is 2.28. The maximum absolute atomic E-state index is 13.1. The molecule has 0 aliphatic carbocycles. The highest BCUT2D eigenvalue weighted by Gasteiger charge is 2.08. The van der Waals surface area contributed by atoms with Crippen LogP contribution in [0.3, 0.4) is 0 Å². The van der Waals surface area contributed by atoms with Gasteiger partial charge >= 0.3 is 0 Å². The quantitative estimate of drug-likeness (QED) is 0.743. The molecule has 0 fully saturated rings. The minimum absolute atomic E-state index is 0.236. The van der Waals surface area contributed by atoms with Gasteiger partial charge in [-0.25, -0.2) is 14.4 Å². The number of nitrogen functional groups attached to an aromatic ring is 1. The number of nitrogens with zero attached hydrogens (tertiary/aromatic N) is 2. The second kappa shape index (κ2) is 5.38. The first-order chi connectivity index (χ1) is 9.61. The summed E-state index contributed by atoms with van der Waals surface area (Å²) in [5.41, 5.74) is 5.95. The lowest BCUT2D eigenvalue weighted by molar-refractivity contribution is 0.624. The normalized spacial score (nSPS) is 11.1. The molecule has 3 rings (SSSR count). The Balaban J connectivity index is 1.84. The van der Waals surface area contributed by atoms with E-state index in [1.165, 1.54) is 23.9 Å². The molecule has 0 saturated heterocycles. The highest BCUT2D eigenvalue weighted by molar-refractivity contribution is 7.98. The number of aryl methyl sites for hydroxylation is 1. The molecule has 0 unspecified atom stereocenters. The second-order valence-electron chi connectivity index (χ2n) is 4.35. The van der Waals surface area contributed by atoms with Crippen LogP contribution in [0.4, 0.5) is 10.2 Å². The van der Waals surface area contributed by atoms with Gasteiger partial charge < -0.3 is 5.73 Å². The summed E-state index contributed by atoms with van der Waals surface area (Å²) >= 11 is 3.10. The van der Waals surface area contributed by atoms with Crippen molar-refractivity contribution in [2.45, 2.75) is 17.6 Å². The molecule has 0 saturated carbocycles. The summed E-state index contributed by atoms with van der Waals surface area (Å²) in [5.74, 6) is 1.51. The molecule has 0 spiro atoms. The van der Waals surface area contributed by atoms with Crippen molar-refractivity contribution in [3.8, 4) is 0 Å². The molecular formula is C14H12FN3S2. The Morgan fingerprint density at radius 2 is 2.15 bits per heavy atom. The molecule has 102 valence electrons. The van der Waals surface area contributed by atoms with Gasteiger partial charge in [-0.15, -0.1) is 23.1 Å². The molecule has 2 aromatic heterocycles. The van der Waals surface area contributed by atoms with Gasteiger partial charge in [0.2, 0.25) is 0 Å². The highest BCUT2D eigenvalue weighted by atomic mass is 32.2. The van der Waals surface area contributed by atoms with Gasteiger partial charge in [-0.05, 0) is 31.2 Å². The molecule has 3 nitrogen and oxygen atoms in total. The van der Waals surface area contributed by atoms with E-state index in [0.29, 0.717) is 17.4 Å². The molecule has 6 heteroatoms. The molecule has 1 aromatic carbocycles. The van der Waals surface area contributed by atoms with E-state index in [0.717, 1.165) is 20.0 Å². The number of rotatable bonds is 3. The van der Waals surface area contributed by atoms with E-state index in [1.807, 2.05) is 19.1 Å². The van der Waals surface area contributed by atoms with Crippen LogP contribution in [0.2, 0.25) is 0 Å². The molecule has 0 atom stereocenters. The molecule has 0 radical (unpaired) electrons. The van der Waals surface area contributed by atoms with Crippen LogP contribution in [-0.2, 0) is 5.75 Å². The van der Waals surface area contributed by atoms with Crippen LogP contribution in [0.5, 0.6) is 0 Å². The summed E-state index contributed by atoms with van der Waals surface area (Å²) in [7, 11) is 0. The van der Waals surface area contributed by atoms with E-state index in [9.17, 15) is 4.39 Å². The van der Waals surface area contributed by atoms with Crippen molar-refractivity contribution in [2.24, 2.45) is 0 Å². The number of hydrogen-bond acceptors (Lipinski definition) is 5. The molecular weight excluding hydrogens is 293 g/mol. The number of thioether (sulfide) groups is 1. The van der Waals surface area contributed by atoms with Gasteiger partial charge in [-0.3, -0.25) is 0 Å². The van der Waals surface area contributed by atoms with Crippen LogP contribution < -0.4 is 5.73 Å². The lowest BCUT2D eigenvalue weighted by Gasteiger charge is -2.03. The van der Waals surface area contributed by atoms with E-state index >= 15 is 0 Å². The number of nitrogens with two attached hydrogens (primary N) is 1. The SMILES string of the molecule is Cc1cc2c(N)nc(CSc3cccc(F)c3)nc2s1. The Morgan fingerprint density at radius 3 is 2.95 bits per heavy atom. The zero-order valence-corrected chi connectivity index (χ0v) is 12.4. The van der Waals surface area contributed by atoms with E-state index in [1.54, 1.807) is 17.4 Å². The van der Waals surface area contributed by atoms with Gasteiger partial charge in [0.1, 0.15) is 22.3 Å². The predicted molar refractivity (Wildman–Crippen MR) is 82.5 cm³/mol. The monoisotopic (exact) mass is 305 g/mol. The Morgan fingerprint density at radius 1 is 1.30 bits per heavy atom. The standard InChI is InChI=1S/C14H12FN3S2/c1-8-5-11-13(16)17-12(18-14(11)20-8)7-19-10-4-2-3-9(15)6-10/h2-6H,7H2,1H3,(H2,16,17,18). The number of thiophene rings is 1. The average molecular weight is 305 g/mol. The number of fused-ring (bicyclic) bond motifs is 1. The van der Waals surface area contributed by atoms with Gasteiger partial charge in [0.15, 0.2) is 0 Å². The molecule has 0 aliphatic rings. The summed E-state index contributed by atoms with van der Waals surface area (Å²) in [4.78, 5) is 11.7. The van der Waals surface area contributed by atoms with Crippen molar-refractivity contribution in [3.63, 3.8) is 0 Å². The summed E-state index contributed by atoms with van der Waals surface area (Å²) in [6.07, 6.45) is 0. The van der Waals surface area contributed by atoms with Crippen LogP contribution >= 0.6 is 23.1 Å².